The number of aryl methyl sites for hydroxylation is 2. The van der Waals surface area contributed by atoms with Gasteiger partial charge in [0.05, 0.1) is 10.7 Å². The van der Waals surface area contributed by atoms with E-state index in [-0.39, 0.29) is 0 Å². The molecule has 2 nitrogen and oxygen atoms in total. The molecule has 0 saturated heterocycles. The summed E-state index contributed by atoms with van der Waals surface area (Å²) in [6.45, 7) is 7.60. The lowest BCUT2D eigenvalue weighted by molar-refractivity contribution is 0.504. The van der Waals surface area contributed by atoms with Crippen LogP contribution in [0.3, 0.4) is 0 Å². The third-order valence-electron chi connectivity index (χ3n) is 3.32. The highest BCUT2D eigenvalue weighted by Crippen LogP contribution is 2.20. The van der Waals surface area contributed by atoms with Crippen molar-refractivity contribution >= 4 is 22.7 Å². The normalized spacial score (nSPS) is 12.8. The number of thiophene rings is 1. The molecular weight excluding hydrogens is 284 g/mol. The van der Waals surface area contributed by atoms with Crippen LogP contribution in [0.1, 0.15) is 40.7 Å². The van der Waals surface area contributed by atoms with Gasteiger partial charge in [-0.1, -0.05) is 13.8 Å². The van der Waals surface area contributed by atoms with Crippen LogP contribution >= 0.6 is 22.7 Å². The molecule has 2 aromatic heterocycles. The lowest BCUT2D eigenvalue weighted by atomic mass is 10.1. The van der Waals surface area contributed by atoms with E-state index in [2.05, 4.69) is 48.6 Å². The first-order chi connectivity index (χ1) is 9.71. The maximum absolute atomic E-state index is 4.60. The van der Waals surface area contributed by atoms with Crippen molar-refractivity contribution in [1.82, 2.24) is 10.3 Å². The molecule has 0 aromatic carbocycles. The van der Waals surface area contributed by atoms with Crippen LogP contribution in [0.15, 0.2) is 17.5 Å². The van der Waals surface area contributed by atoms with Gasteiger partial charge in [0, 0.05) is 27.6 Å². The maximum Gasteiger partial charge on any atom is 0.0897 e. The van der Waals surface area contributed by atoms with Crippen LogP contribution in [0.2, 0.25) is 0 Å². The zero-order chi connectivity index (χ0) is 14.4. The minimum Gasteiger partial charge on any atom is -0.313 e. The van der Waals surface area contributed by atoms with Crippen molar-refractivity contribution in [3.05, 3.63) is 38.0 Å². The molecule has 0 aliphatic rings. The molecule has 0 fully saturated rings. The van der Waals surface area contributed by atoms with Crippen LogP contribution < -0.4 is 5.32 Å². The number of nitrogens with one attached hydrogen (secondary N) is 1. The van der Waals surface area contributed by atoms with E-state index in [9.17, 15) is 0 Å². The summed E-state index contributed by atoms with van der Waals surface area (Å²) in [5.41, 5.74) is 1.23. The Labute approximate surface area is 130 Å². The van der Waals surface area contributed by atoms with Gasteiger partial charge in [0.25, 0.3) is 0 Å². The predicted molar refractivity (Wildman–Crippen MR) is 90.0 cm³/mol. The van der Waals surface area contributed by atoms with Crippen molar-refractivity contribution < 1.29 is 0 Å². The van der Waals surface area contributed by atoms with Crippen LogP contribution in [0.5, 0.6) is 0 Å². The van der Waals surface area contributed by atoms with Crippen molar-refractivity contribution in [2.45, 2.75) is 52.5 Å². The summed E-state index contributed by atoms with van der Waals surface area (Å²) in [7, 11) is 0. The molecule has 2 rings (SSSR count). The van der Waals surface area contributed by atoms with E-state index in [0.717, 1.165) is 25.8 Å². The molecule has 1 unspecified atom stereocenters. The molecule has 0 aliphatic heterocycles. The summed E-state index contributed by atoms with van der Waals surface area (Å²) >= 11 is 3.70. The van der Waals surface area contributed by atoms with E-state index in [0.29, 0.717) is 6.04 Å². The second-order valence-corrected chi connectivity index (χ2v) is 7.45. The maximum atomic E-state index is 4.60. The van der Waals surface area contributed by atoms with Gasteiger partial charge in [-0.2, -0.15) is 0 Å². The van der Waals surface area contributed by atoms with Gasteiger partial charge >= 0.3 is 0 Å². The van der Waals surface area contributed by atoms with E-state index in [1.807, 2.05) is 11.3 Å². The smallest absolute Gasteiger partial charge is 0.0897 e. The summed E-state index contributed by atoms with van der Waals surface area (Å²) in [6.07, 6.45) is 4.46. The van der Waals surface area contributed by atoms with Crippen molar-refractivity contribution in [2.75, 3.05) is 6.54 Å². The highest BCUT2D eigenvalue weighted by Gasteiger charge is 2.13. The van der Waals surface area contributed by atoms with Gasteiger partial charge in [-0.3, -0.25) is 0 Å². The molecule has 0 aliphatic carbocycles. The lowest BCUT2D eigenvalue weighted by Crippen LogP contribution is -2.33. The molecule has 1 N–H and O–H groups in total. The molecular formula is C16H24N2S2. The minimum absolute atomic E-state index is 0.500. The standard InChI is InChI=1S/C16H24N2S2/c1-4-8-17-13(9-14-11-19-12(3)18-14)10-16-7-6-15(5-2)20-16/h6-7,11,13,17H,4-5,8-10H2,1-3H3. The Morgan fingerprint density at radius 2 is 2.00 bits per heavy atom. The first-order valence-electron chi connectivity index (χ1n) is 7.43. The molecule has 2 heterocycles. The first-order valence-corrected chi connectivity index (χ1v) is 9.12. The largest absolute Gasteiger partial charge is 0.313 e. The molecule has 20 heavy (non-hydrogen) atoms. The van der Waals surface area contributed by atoms with Crippen LogP contribution in [0.4, 0.5) is 0 Å². The summed E-state index contributed by atoms with van der Waals surface area (Å²) in [5, 5.41) is 7.04. The lowest BCUT2D eigenvalue weighted by Gasteiger charge is -2.16. The van der Waals surface area contributed by atoms with Gasteiger partial charge in [0.1, 0.15) is 0 Å². The van der Waals surface area contributed by atoms with Crippen LogP contribution in [-0.4, -0.2) is 17.6 Å². The Bertz CT molecular complexity index is 516. The molecule has 110 valence electrons. The average Bonchev–Trinajstić information content (AvgIpc) is 3.05. The molecule has 0 spiro atoms. The summed E-state index contributed by atoms with van der Waals surface area (Å²) < 4.78 is 0. The fourth-order valence-corrected chi connectivity index (χ4v) is 3.95. The van der Waals surface area contributed by atoms with Crippen molar-refractivity contribution in [3.8, 4) is 0 Å². The Hall–Kier alpha value is -0.710. The Morgan fingerprint density at radius 1 is 1.20 bits per heavy atom. The SMILES string of the molecule is CCCNC(Cc1csc(C)n1)Cc1ccc(CC)s1. The van der Waals surface area contributed by atoms with Crippen molar-refractivity contribution in [2.24, 2.45) is 0 Å². The number of aromatic nitrogens is 1. The minimum atomic E-state index is 0.500. The van der Waals surface area contributed by atoms with Crippen LogP contribution in [0, 0.1) is 6.92 Å². The van der Waals surface area contributed by atoms with Crippen molar-refractivity contribution in [3.63, 3.8) is 0 Å². The number of nitrogens with zero attached hydrogens (tertiary/aromatic N) is 1. The average molecular weight is 309 g/mol. The third-order valence-corrected chi connectivity index (χ3v) is 5.39. The quantitative estimate of drug-likeness (QED) is 0.789. The highest BCUT2D eigenvalue weighted by molar-refractivity contribution is 7.12. The number of rotatable bonds is 8. The topological polar surface area (TPSA) is 24.9 Å². The molecule has 1 atom stereocenters. The molecule has 0 bridgehead atoms. The zero-order valence-corrected chi connectivity index (χ0v) is 14.2. The summed E-state index contributed by atoms with van der Waals surface area (Å²) in [6, 6.07) is 5.06. The van der Waals surface area contributed by atoms with Gasteiger partial charge < -0.3 is 5.32 Å². The second kappa shape index (κ2) is 7.91. The van der Waals surface area contributed by atoms with Gasteiger partial charge in [0.2, 0.25) is 0 Å². The number of thiazole rings is 1. The Balaban J connectivity index is 1.98. The molecule has 4 heteroatoms. The van der Waals surface area contributed by atoms with Crippen LogP contribution in [0.25, 0.3) is 0 Å². The van der Waals surface area contributed by atoms with Gasteiger partial charge in [0.15, 0.2) is 0 Å². The molecule has 0 amide bonds. The third kappa shape index (κ3) is 4.69. The Kier molecular flexibility index (Phi) is 6.20. The first kappa shape index (κ1) is 15.7. The monoisotopic (exact) mass is 308 g/mol. The van der Waals surface area contributed by atoms with Crippen molar-refractivity contribution in [1.29, 1.82) is 0 Å². The van der Waals surface area contributed by atoms with Gasteiger partial charge in [-0.25, -0.2) is 4.98 Å². The molecule has 0 saturated carbocycles. The van der Waals surface area contributed by atoms with E-state index in [1.54, 1.807) is 11.3 Å². The predicted octanol–water partition coefficient (Wildman–Crippen LogP) is 4.23. The van der Waals surface area contributed by atoms with Gasteiger partial charge in [-0.15, -0.1) is 22.7 Å². The van der Waals surface area contributed by atoms with Gasteiger partial charge in [-0.05, 0) is 44.9 Å². The van der Waals surface area contributed by atoms with Crippen LogP contribution in [-0.2, 0) is 19.3 Å². The van der Waals surface area contributed by atoms with E-state index in [4.69, 9.17) is 0 Å². The summed E-state index contributed by atoms with van der Waals surface area (Å²) in [4.78, 5) is 7.58. The molecule has 0 radical (unpaired) electrons. The second-order valence-electron chi connectivity index (χ2n) is 5.14. The van der Waals surface area contributed by atoms with E-state index >= 15 is 0 Å². The fraction of sp³-hybridized carbons (Fsp3) is 0.562. The fourth-order valence-electron chi connectivity index (χ4n) is 2.28. The van der Waals surface area contributed by atoms with E-state index < -0.39 is 0 Å². The number of hydrogen-bond acceptors (Lipinski definition) is 4. The van der Waals surface area contributed by atoms with E-state index in [1.165, 1.54) is 26.9 Å². The summed E-state index contributed by atoms with van der Waals surface area (Å²) in [5.74, 6) is 0. The number of hydrogen-bond donors (Lipinski definition) is 1. The Morgan fingerprint density at radius 3 is 2.60 bits per heavy atom. The molecule has 2 aromatic rings. The zero-order valence-electron chi connectivity index (χ0n) is 12.6. The highest BCUT2D eigenvalue weighted by atomic mass is 32.1.